The second-order valence-corrected chi connectivity index (χ2v) is 5.47. The number of nitrogens with zero attached hydrogens (tertiary/aromatic N) is 2. The van der Waals surface area contributed by atoms with Crippen LogP contribution >= 0.6 is 35.6 Å². The predicted molar refractivity (Wildman–Crippen MR) is 108 cm³/mol. The van der Waals surface area contributed by atoms with Crippen LogP contribution in [0.3, 0.4) is 0 Å². The van der Waals surface area contributed by atoms with E-state index in [4.69, 9.17) is 11.6 Å². The molecule has 1 aromatic heterocycles. The number of rotatable bonds is 5. The molecular weight excluding hydrogens is 423 g/mol. The monoisotopic (exact) mass is 444 g/mol. The summed E-state index contributed by atoms with van der Waals surface area (Å²) in [5.74, 6) is 0.795. The minimum Gasteiger partial charge on any atom is -0.356 e. The first-order valence-corrected chi connectivity index (χ1v) is 7.65. The zero-order valence-corrected chi connectivity index (χ0v) is 16.4. The number of pyridine rings is 1. The standard InChI is InChI=1S/C17H21ClN4.HI/c1-13-4-3-5-15(10-13)12-22-17(19-2)20-9-8-14-6-7-16(18)21-11-14;/h3-7,10-11H,8-9,12H2,1-2H3,(H2,19,20,22);1H. The lowest BCUT2D eigenvalue weighted by Crippen LogP contribution is -2.37. The molecule has 0 fully saturated rings. The highest BCUT2D eigenvalue weighted by molar-refractivity contribution is 14.0. The Balaban J connectivity index is 0.00000264. The molecule has 1 heterocycles. The number of hydrogen-bond acceptors (Lipinski definition) is 2. The number of nitrogens with one attached hydrogen (secondary N) is 2. The molecule has 0 bridgehead atoms. The molecule has 1 aromatic carbocycles. The van der Waals surface area contributed by atoms with Gasteiger partial charge in [-0.1, -0.05) is 47.5 Å². The van der Waals surface area contributed by atoms with Crippen molar-refractivity contribution in [2.24, 2.45) is 4.99 Å². The van der Waals surface area contributed by atoms with E-state index in [0.29, 0.717) is 5.15 Å². The number of guanidine groups is 1. The molecule has 0 spiro atoms. The van der Waals surface area contributed by atoms with Crippen molar-refractivity contribution in [1.82, 2.24) is 15.6 Å². The van der Waals surface area contributed by atoms with Gasteiger partial charge in [0.15, 0.2) is 5.96 Å². The Hall–Kier alpha value is -1.34. The molecule has 6 heteroatoms. The second kappa shape index (κ2) is 10.4. The zero-order chi connectivity index (χ0) is 15.8. The summed E-state index contributed by atoms with van der Waals surface area (Å²) in [6, 6.07) is 12.2. The number of halogens is 2. The topological polar surface area (TPSA) is 49.3 Å². The van der Waals surface area contributed by atoms with E-state index in [9.17, 15) is 0 Å². The number of aromatic nitrogens is 1. The molecule has 0 aliphatic carbocycles. The minimum atomic E-state index is 0. The van der Waals surface area contributed by atoms with E-state index >= 15 is 0 Å². The number of aryl methyl sites for hydroxylation is 1. The molecule has 0 amide bonds. The lowest BCUT2D eigenvalue weighted by atomic mass is 10.1. The van der Waals surface area contributed by atoms with Crippen molar-refractivity contribution in [3.8, 4) is 0 Å². The normalized spacial score (nSPS) is 10.8. The van der Waals surface area contributed by atoms with Crippen LogP contribution in [0.5, 0.6) is 0 Å². The average molecular weight is 445 g/mol. The van der Waals surface area contributed by atoms with Crippen LogP contribution in [0.25, 0.3) is 0 Å². The van der Waals surface area contributed by atoms with Gasteiger partial charge in [0.05, 0.1) is 0 Å². The van der Waals surface area contributed by atoms with Crippen LogP contribution in [0, 0.1) is 6.92 Å². The fourth-order valence-electron chi connectivity index (χ4n) is 2.11. The van der Waals surface area contributed by atoms with Gasteiger partial charge in [0.1, 0.15) is 5.15 Å². The average Bonchev–Trinajstić information content (AvgIpc) is 2.52. The Morgan fingerprint density at radius 3 is 2.65 bits per heavy atom. The zero-order valence-electron chi connectivity index (χ0n) is 13.3. The van der Waals surface area contributed by atoms with Gasteiger partial charge in [0, 0.05) is 26.3 Å². The number of benzene rings is 1. The first kappa shape index (κ1) is 19.7. The summed E-state index contributed by atoms with van der Waals surface area (Å²) < 4.78 is 0. The molecule has 0 aliphatic rings. The fraction of sp³-hybridized carbons (Fsp3) is 0.294. The number of hydrogen-bond donors (Lipinski definition) is 2. The Morgan fingerprint density at radius 2 is 2.00 bits per heavy atom. The summed E-state index contributed by atoms with van der Waals surface area (Å²) in [5, 5.41) is 7.13. The van der Waals surface area contributed by atoms with Gasteiger partial charge >= 0.3 is 0 Å². The molecule has 2 N–H and O–H groups in total. The van der Waals surface area contributed by atoms with Gasteiger partial charge in [0.2, 0.25) is 0 Å². The first-order valence-electron chi connectivity index (χ1n) is 7.28. The molecule has 4 nitrogen and oxygen atoms in total. The Bertz CT molecular complexity index is 629. The summed E-state index contributed by atoms with van der Waals surface area (Å²) in [7, 11) is 1.77. The van der Waals surface area contributed by atoms with E-state index in [1.807, 2.05) is 12.1 Å². The van der Waals surface area contributed by atoms with Crippen LogP contribution in [-0.4, -0.2) is 24.5 Å². The van der Waals surface area contributed by atoms with Gasteiger partial charge in [-0.3, -0.25) is 4.99 Å². The van der Waals surface area contributed by atoms with E-state index in [1.165, 1.54) is 11.1 Å². The smallest absolute Gasteiger partial charge is 0.191 e. The van der Waals surface area contributed by atoms with E-state index in [0.717, 1.165) is 31.0 Å². The molecule has 2 rings (SSSR count). The third-order valence-electron chi connectivity index (χ3n) is 3.26. The summed E-state index contributed by atoms with van der Waals surface area (Å²) in [6.07, 6.45) is 2.67. The van der Waals surface area contributed by atoms with Crippen molar-refractivity contribution in [3.05, 3.63) is 64.4 Å². The van der Waals surface area contributed by atoms with Crippen LogP contribution in [0.1, 0.15) is 16.7 Å². The highest BCUT2D eigenvalue weighted by Gasteiger charge is 1.99. The molecule has 0 saturated heterocycles. The predicted octanol–water partition coefficient (Wildman–Crippen LogP) is 3.57. The van der Waals surface area contributed by atoms with Crippen LogP contribution < -0.4 is 10.6 Å². The first-order chi connectivity index (χ1) is 10.7. The van der Waals surface area contributed by atoms with Gasteiger partial charge in [-0.15, -0.1) is 24.0 Å². The maximum atomic E-state index is 5.77. The molecule has 2 aromatic rings. The van der Waals surface area contributed by atoms with Gasteiger partial charge in [-0.05, 0) is 30.5 Å². The molecule has 124 valence electrons. The van der Waals surface area contributed by atoms with Crippen molar-refractivity contribution in [2.75, 3.05) is 13.6 Å². The van der Waals surface area contributed by atoms with E-state index in [2.05, 4.69) is 51.8 Å². The Kier molecular flexibility index (Phi) is 8.94. The number of aliphatic imine (C=N–C) groups is 1. The van der Waals surface area contributed by atoms with Crippen molar-refractivity contribution in [3.63, 3.8) is 0 Å². The lowest BCUT2D eigenvalue weighted by Gasteiger charge is -2.12. The van der Waals surface area contributed by atoms with Crippen molar-refractivity contribution in [2.45, 2.75) is 19.9 Å². The van der Waals surface area contributed by atoms with Gasteiger partial charge in [0.25, 0.3) is 0 Å². The van der Waals surface area contributed by atoms with E-state index in [1.54, 1.807) is 13.2 Å². The second-order valence-electron chi connectivity index (χ2n) is 5.08. The lowest BCUT2D eigenvalue weighted by molar-refractivity contribution is 0.793. The van der Waals surface area contributed by atoms with Crippen molar-refractivity contribution >= 4 is 41.5 Å². The summed E-state index contributed by atoms with van der Waals surface area (Å²) in [5.41, 5.74) is 3.65. The fourth-order valence-corrected chi connectivity index (χ4v) is 2.22. The van der Waals surface area contributed by atoms with Crippen molar-refractivity contribution < 1.29 is 0 Å². The quantitative estimate of drug-likeness (QED) is 0.321. The Morgan fingerprint density at radius 1 is 1.17 bits per heavy atom. The summed E-state index contributed by atoms with van der Waals surface area (Å²) in [4.78, 5) is 8.30. The summed E-state index contributed by atoms with van der Waals surface area (Å²) in [6.45, 7) is 3.64. The van der Waals surface area contributed by atoms with Crippen LogP contribution in [0.2, 0.25) is 5.15 Å². The maximum Gasteiger partial charge on any atom is 0.191 e. The minimum absolute atomic E-state index is 0. The van der Waals surface area contributed by atoms with Gasteiger partial charge in [-0.2, -0.15) is 0 Å². The SMILES string of the molecule is CN=C(NCCc1ccc(Cl)nc1)NCc1cccc(C)c1.I. The van der Waals surface area contributed by atoms with E-state index in [-0.39, 0.29) is 24.0 Å². The highest BCUT2D eigenvalue weighted by atomic mass is 127. The highest BCUT2D eigenvalue weighted by Crippen LogP contribution is 2.05. The largest absolute Gasteiger partial charge is 0.356 e. The molecular formula is C17H22ClIN4. The molecule has 0 radical (unpaired) electrons. The third kappa shape index (κ3) is 7.18. The van der Waals surface area contributed by atoms with Gasteiger partial charge < -0.3 is 10.6 Å². The molecule has 0 saturated carbocycles. The van der Waals surface area contributed by atoms with Crippen LogP contribution in [0.4, 0.5) is 0 Å². The molecule has 0 aliphatic heterocycles. The van der Waals surface area contributed by atoms with E-state index < -0.39 is 0 Å². The molecule has 0 atom stereocenters. The molecule has 23 heavy (non-hydrogen) atoms. The Labute approximate surface area is 159 Å². The third-order valence-corrected chi connectivity index (χ3v) is 3.48. The molecule has 0 unspecified atom stereocenters. The maximum absolute atomic E-state index is 5.77. The van der Waals surface area contributed by atoms with Crippen LogP contribution in [0.15, 0.2) is 47.6 Å². The van der Waals surface area contributed by atoms with Crippen LogP contribution in [-0.2, 0) is 13.0 Å². The summed E-state index contributed by atoms with van der Waals surface area (Å²) >= 11 is 5.77. The van der Waals surface area contributed by atoms with Gasteiger partial charge in [-0.25, -0.2) is 4.98 Å². The van der Waals surface area contributed by atoms with Crippen molar-refractivity contribution in [1.29, 1.82) is 0 Å².